The van der Waals surface area contributed by atoms with Gasteiger partial charge in [-0.15, -0.1) is 10.2 Å². The lowest BCUT2D eigenvalue weighted by molar-refractivity contribution is 0.533. The standard InChI is InChI=1S/C16H23N3OS/c1-11(10-21-16(3,4)5)17-14-8-6-7-13(9-14)15-19-18-12(2)20-15/h6-9,11,17H,10H2,1-5H3/t11-/m1/s1. The molecular formula is C16H23N3OS. The zero-order chi connectivity index (χ0) is 15.5. The van der Waals surface area contributed by atoms with Crippen LogP contribution in [-0.2, 0) is 0 Å². The summed E-state index contributed by atoms with van der Waals surface area (Å²) in [6, 6.07) is 8.48. The second-order valence-electron chi connectivity index (χ2n) is 6.18. The Bertz CT molecular complexity index is 589. The predicted octanol–water partition coefficient (Wildman–Crippen LogP) is 4.38. The van der Waals surface area contributed by atoms with Gasteiger partial charge in [-0.3, -0.25) is 0 Å². The quantitative estimate of drug-likeness (QED) is 0.888. The average Bonchev–Trinajstić information content (AvgIpc) is 2.83. The van der Waals surface area contributed by atoms with Gasteiger partial charge in [-0.05, 0) is 25.1 Å². The van der Waals surface area contributed by atoms with E-state index in [9.17, 15) is 0 Å². The van der Waals surface area contributed by atoms with E-state index in [0.717, 1.165) is 17.0 Å². The van der Waals surface area contributed by atoms with Gasteiger partial charge in [-0.25, -0.2) is 0 Å². The van der Waals surface area contributed by atoms with Gasteiger partial charge in [0.2, 0.25) is 11.8 Å². The third kappa shape index (κ3) is 5.08. The molecule has 1 atom stereocenters. The SMILES string of the molecule is Cc1nnc(-c2cccc(N[C@H](C)CSC(C)(C)C)c2)o1. The normalized spacial score (nSPS) is 13.2. The first-order valence-corrected chi connectivity index (χ1v) is 8.13. The fourth-order valence-electron chi connectivity index (χ4n) is 1.86. The first-order valence-electron chi connectivity index (χ1n) is 7.14. The van der Waals surface area contributed by atoms with E-state index in [-0.39, 0.29) is 0 Å². The minimum atomic E-state index is 0.291. The van der Waals surface area contributed by atoms with Crippen LogP contribution in [0.3, 0.4) is 0 Å². The van der Waals surface area contributed by atoms with E-state index < -0.39 is 0 Å². The molecule has 1 N–H and O–H groups in total. The molecule has 0 aliphatic carbocycles. The second-order valence-corrected chi connectivity index (χ2v) is 8.02. The Morgan fingerprint density at radius 2 is 2.05 bits per heavy atom. The first-order chi connectivity index (χ1) is 9.83. The Balaban J connectivity index is 2.01. The smallest absolute Gasteiger partial charge is 0.247 e. The Hall–Kier alpha value is -1.49. The number of hydrogen-bond donors (Lipinski definition) is 1. The number of hydrogen-bond acceptors (Lipinski definition) is 5. The number of nitrogens with one attached hydrogen (secondary N) is 1. The van der Waals surface area contributed by atoms with Crippen LogP contribution in [0.15, 0.2) is 28.7 Å². The molecule has 1 aromatic heterocycles. The van der Waals surface area contributed by atoms with Crippen LogP contribution >= 0.6 is 11.8 Å². The topological polar surface area (TPSA) is 51.0 Å². The van der Waals surface area contributed by atoms with Crippen molar-refractivity contribution in [3.63, 3.8) is 0 Å². The van der Waals surface area contributed by atoms with Crippen LogP contribution in [0.2, 0.25) is 0 Å². The molecule has 2 rings (SSSR count). The van der Waals surface area contributed by atoms with Gasteiger partial charge in [0.1, 0.15) is 0 Å². The monoisotopic (exact) mass is 305 g/mol. The molecule has 1 heterocycles. The Labute approximate surface area is 130 Å². The summed E-state index contributed by atoms with van der Waals surface area (Å²) in [5.41, 5.74) is 2.02. The number of benzene rings is 1. The maximum absolute atomic E-state index is 5.47. The number of aromatic nitrogens is 2. The van der Waals surface area contributed by atoms with Gasteiger partial charge in [0.15, 0.2) is 0 Å². The molecule has 4 nitrogen and oxygen atoms in total. The molecule has 0 fully saturated rings. The second kappa shape index (κ2) is 6.52. The highest BCUT2D eigenvalue weighted by atomic mass is 32.2. The minimum absolute atomic E-state index is 0.291. The Kier molecular flexibility index (Phi) is 4.93. The van der Waals surface area contributed by atoms with Crippen molar-refractivity contribution in [2.75, 3.05) is 11.1 Å². The minimum Gasteiger partial charge on any atom is -0.421 e. The average molecular weight is 305 g/mol. The van der Waals surface area contributed by atoms with Crippen molar-refractivity contribution in [1.82, 2.24) is 10.2 Å². The van der Waals surface area contributed by atoms with Crippen molar-refractivity contribution >= 4 is 17.4 Å². The molecule has 0 radical (unpaired) electrons. The molecular weight excluding hydrogens is 282 g/mol. The van der Waals surface area contributed by atoms with Crippen LogP contribution < -0.4 is 5.32 Å². The summed E-state index contributed by atoms with van der Waals surface area (Å²) in [5.74, 6) is 2.21. The molecule has 0 unspecified atom stereocenters. The fraction of sp³-hybridized carbons (Fsp3) is 0.500. The Morgan fingerprint density at radius 1 is 1.29 bits per heavy atom. The lowest BCUT2D eigenvalue weighted by Gasteiger charge is -2.22. The van der Waals surface area contributed by atoms with Crippen molar-refractivity contribution in [3.8, 4) is 11.5 Å². The summed E-state index contributed by atoms with van der Waals surface area (Å²) in [4.78, 5) is 0. The maximum atomic E-state index is 5.47. The van der Waals surface area contributed by atoms with Gasteiger partial charge >= 0.3 is 0 Å². The first kappa shape index (κ1) is 15.9. The fourth-order valence-corrected chi connectivity index (χ4v) is 2.69. The van der Waals surface area contributed by atoms with Crippen LogP contribution in [0, 0.1) is 6.92 Å². The van der Waals surface area contributed by atoms with E-state index in [1.165, 1.54) is 0 Å². The highest BCUT2D eigenvalue weighted by Gasteiger charge is 2.13. The van der Waals surface area contributed by atoms with Gasteiger partial charge in [0.05, 0.1) is 0 Å². The molecule has 114 valence electrons. The molecule has 5 heteroatoms. The van der Waals surface area contributed by atoms with Crippen LogP contribution in [0.5, 0.6) is 0 Å². The van der Waals surface area contributed by atoms with Gasteiger partial charge in [0.25, 0.3) is 0 Å². The van der Waals surface area contributed by atoms with Crippen molar-refractivity contribution in [2.24, 2.45) is 0 Å². The number of thioether (sulfide) groups is 1. The zero-order valence-electron chi connectivity index (χ0n) is 13.3. The number of anilines is 1. The van der Waals surface area contributed by atoms with Crippen LogP contribution in [-0.4, -0.2) is 26.7 Å². The van der Waals surface area contributed by atoms with E-state index >= 15 is 0 Å². The van der Waals surface area contributed by atoms with E-state index in [2.05, 4.69) is 49.3 Å². The number of rotatable bonds is 5. The zero-order valence-corrected chi connectivity index (χ0v) is 14.1. The summed E-state index contributed by atoms with van der Waals surface area (Å²) in [7, 11) is 0. The molecule has 0 saturated carbocycles. The molecule has 0 amide bonds. The summed E-state index contributed by atoms with van der Waals surface area (Å²) >= 11 is 1.96. The van der Waals surface area contributed by atoms with Gasteiger partial charge < -0.3 is 9.73 Å². The number of aryl methyl sites for hydroxylation is 1. The summed E-state index contributed by atoms with van der Waals surface area (Å²) in [5, 5.41) is 11.4. The van der Waals surface area contributed by atoms with Crippen molar-refractivity contribution in [1.29, 1.82) is 0 Å². The Morgan fingerprint density at radius 3 is 2.67 bits per heavy atom. The molecule has 0 spiro atoms. The third-order valence-electron chi connectivity index (χ3n) is 2.81. The lowest BCUT2D eigenvalue weighted by atomic mass is 10.2. The third-order valence-corrected chi connectivity index (χ3v) is 4.35. The maximum Gasteiger partial charge on any atom is 0.247 e. The van der Waals surface area contributed by atoms with E-state index in [0.29, 0.717) is 22.6 Å². The highest BCUT2D eigenvalue weighted by Crippen LogP contribution is 2.26. The van der Waals surface area contributed by atoms with Crippen molar-refractivity contribution in [3.05, 3.63) is 30.2 Å². The molecule has 2 aromatic rings. The number of nitrogens with zero attached hydrogens (tertiary/aromatic N) is 2. The summed E-state index contributed by atoms with van der Waals surface area (Å²) in [6.07, 6.45) is 0. The molecule has 0 saturated heterocycles. The lowest BCUT2D eigenvalue weighted by Crippen LogP contribution is -2.21. The molecule has 1 aromatic carbocycles. The van der Waals surface area contributed by atoms with Gasteiger partial charge in [0, 0.05) is 34.7 Å². The van der Waals surface area contributed by atoms with Crippen molar-refractivity contribution < 1.29 is 4.42 Å². The van der Waals surface area contributed by atoms with Crippen LogP contribution in [0.25, 0.3) is 11.5 Å². The van der Waals surface area contributed by atoms with Crippen LogP contribution in [0.1, 0.15) is 33.6 Å². The largest absolute Gasteiger partial charge is 0.421 e. The molecule has 0 bridgehead atoms. The van der Waals surface area contributed by atoms with Crippen LogP contribution in [0.4, 0.5) is 5.69 Å². The van der Waals surface area contributed by atoms with E-state index in [4.69, 9.17) is 4.42 Å². The van der Waals surface area contributed by atoms with E-state index in [1.54, 1.807) is 6.92 Å². The van der Waals surface area contributed by atoms with Gasteiger partial charge in [-0.1, -0.05) is 26.8 Å². The molecule has 21 heavy (non-hydrogen) atoms. The predicted molar refractivity (Wildman–Crippen MR) is 89.8 cm³/mol. The van der Waals surface area contributed by atoms with E-state index in [1.807, 2.05) is 30.0 Å². The highest BCUT2D eigenvalue weighted by molar-refractivity contribution is 8.00. The summed E-state index contributed by atoms with van der Waals surface area (Å²) in [6.45, 7) is 10.7. The molecule has 0 aliphatic heterocycles. The van der Waals surface area contributed by atoms with Gasteiger partial charge in [-0.2, -0.15) is 11.8 Å². The molecule has 0 aliphatic rings. The summed E-state index contributed by atoms with van der Waals surface area (Å²) < 4.78 is 5.76. The van der Waals surface area contributed by atoms with Crippen molar-refractivity contribution in [2.45, 2.75) is 45.4 Å².